The van der Waals surface area contributed by atoms with Crippen LogP contribution in [0.3, 0.4) is 0 Å². The van der Waals surface area contributed by atoms with Crippen LogP contribution in [-0.4, -0.2) is 28.2 Å². The maximum absolute atomic E-state index is 10.3. The third-order valence-corrected chi connectivity index (χ3v) is 6.57. The van der Waals surface area contributed by atoms with Gasteiger partial charge in [-0.2, -0.15) is 0 Å². The number of rotatable bonds is 2. The average Bonchev–Trinajstić information content (AvgIpc) is 3.09. The molecule has 2 aliphatic rings. The van der Waals surface area contributed by atoms with E-state index in [0.29, 0.717) is 5.75 Å². The van der Waals surface area contributed by atoms with Gasteiger partial charge < -0.3 is 15.0 Å². The smallest absolute Gasteiger partial charge is 0.138 e. The molecule has 0 fully saturated rings. The molecular formula is C26H32ClN3O. The molecule has 3 aromatic rings. The Morgan fingerprint density at radius 2 is 1.61 bits per heavy atom. The molecule has 2 aromatic carbocycles. The minimum atomic E-state index is -0.127. The van der Waals surface area contributed by atoms with E-state index in [9.17, 15) is 5.11 Å². The Morgan fingerprint density at radius 3 is 2.23 bits per heavy atom. The van der Waals surface area contributed by atoms with E-state index in [0.717, 1.165) is 41.2 Å². The van der Waals surface area contributed by atoms with Gasteiger partial charge in [0.05, 0.1) is 5.69 Å². The topological polar surface area (TPSA) is 52.1 Å². The molecule has 0 bridgehead atoms. The van der Waals surface area contributed by atoms with Crippen LogP contribution in [0.4, 0.5) is 5.69 Å². The molecule has 0 amide bonds. The highest BCUT2D eigenvalue weighted by Crippen LogP contribution is 2.39. The monoisotopic (exact) mass is 437 g/mol. The molecule has 0 saturated heterocycles. The Bertz CT molecular complexity index is 1100. The van der Waals surface area contributed by atoms with E-state index in [4.69, 9.17) is 4.98 Å². The number of hydrogen-bond donors (Lipinski definition) is 2. The number of H-pyrrole nitrogens is 1. The van der Waals surface area contributed by atoms with Gasteiger partial charge >= 0.3 is 0 Å². The normalized spacial score (nSPS) is 15.4. The van der Waals surface area contributed by atoms with E-state index in [2.05, 4.69) is 55.8 Å². The molecule has 0 spiro atoms. The van der Waals surface area contributed by atoms with Crippen molar-refractivity contribution < 1.29 is 5.11 Å². The Morgan fingerprint density at radius 1 is 0.968 bits per heavy atom. The fourth-order valence-electron chi connectivity index (χ4n) is 5.10. The molecule has 0 aliphatic carbocycles. The van der Waals surface area contributed by atoms with Gasteiger partial charge in [0.1, 0.15) is 11.6 Å². The fraction of sp³-hybridized carbons (Fsp3) is 0.423. The highest BCUT2D eigenvalue weighted by atomic mass is 35.5. The van der Waals surface area contributed by atoms with Crippen LogP contribution in [0.15, 0.2) is 30.3 Å². The second kappa shape index (κ2) is 7.90. The second-order valence-corrected chi connectivity index (χ2v) is 9.88. The number of nitrogens with one attached hydrogen (secondary N) is 1. The number of imidazole rings is 1. The number of aryl methyl sites for hydroxylation is 3. The SMILES string of the molecule is Cc1[nH]c(-c2ccc(O)c(C(C)(C)C)c2)nc1-c1cc2c3c(c1)CCCN3CCC2.Cl. The molecule has 3 heterocycles. The predicted octanol–water partition coefficient (Wildman–Crippen LogP) is 6.18. The lowest BCUT2D eigenvalue weighted by Crippen LogP contribution is -2.34. The minimum absolute atomic E-state index is 0. The van der Waals surface area contributed by atoms with E-state index in [1.165, 1.54) is 48.3 Å². The van der Waals surface area contributed by atoms with Crippen LogP contribution in [0.1, 0.15) is 56.0 Å². The number of anilines is 1. The summed E-state index contributed by atoms with van der Waals surface area (Å²) in [5, 5.41) is 10.3. The number of phenols is 1. The van der Waals surface area contributed by atoms with Crippen molar-refractivity contribution in [3.05, 3.63) is 52.7 Å². The molecule has 2 N–H and O–H groups in total. The number of aromatic amines is 1. The number of nitrogens with zero attached hydrogens (tertiary/aromatic N) is 2. The van der Waals surface area contributed by atoms with Crippen molar-refractivity contribution in [2.45, 2.75) is 58.8 Å². The second-order valence-electron chi connectivity index (χ2n) is 9.88. The molecule has 1 aromatic heterocycles. The van der Waals surface area contributed by atoms with Crippen LogP contribution >= 0.6 is 12.4 Å². The molecule has 5 rings (SSSR count). The summed E-state index contributed by atoms with van der Waals surface area (Å²) >= 11 is 0. The van der Waals surface area contributed by atoms with E-state index in [1.54, 1.807) is 6.07 Å². The van der Waals surface area contributed by atoms with Gasteiger partial charge in [0.15, 0.2) is 0 Å². The molecular weight excluding hydrogens is 406 g/mol. The molecule has 31 heavy (non-hydrogen) atoms. The zero-order valence-electron chi connectivity index (χ0n) is 18.9. The van der Waals surface area contributed by atoms with Crippen molar-refractivity contribution in [3.8, 4) is 28.4 Å². The van der Waals surface area contributed by atoms with Gasteiger partial charge in [-0.3, -0.25) is 0 Å². The highest BCUT2D eigenvalue weighted by molar-refractivity contribution is 5.85. The average molecular weight is 438 g/mol. The maximum Gasteiger partial charge on any atom is 0.138 e. The third-order valence-electron chi connectivity index (χ3n) is 6.57. The van der Waals surface area contributed by atoms with Crippen molar-refractivity contribution >= 4 is 18.1 Å². The van der Waals surface area contributed by atoms with Crippen molar-refractivity contribution in [2.24, 2.45) is 0 Å². The predicted molar refractivity (Wildman–Crippen MR) is 131 cm³/mol. The van der Waals surface area contributed by atoms with E-state index < -0.39 is 0 Å². The summed E-state index contributed by atoms with van der Waals surface area (Å²) in [4.78, 5) is 11.1. The number of aromatic nitrogens is 2. The molecule has 0 radical (unpaired) electrons. The quantitative estimate of drug-likeness (QED) is 0.503. The first-order chi connectivity index (χ1) is 14.3. The number of aromatic hydroxyl groups is 1. The lowest BCUT2D eigenvalue weighted by molar-refractivity contribution is 0.447. The third kappa shape index (κ3) is 3.82. The Labute approximate surface area is 191 Å². The fourth-order valence-corrected chi connectivity index (χ4v) is 5.10. The van der Waals surface area contributed by atoms with E-state index >= 15 is 0 Å². The van der Waals surface area contributed by atoms with Crippen molar-refractivity contribution in [1.29, 1.82) is 0 Å². The van der Waals surface area contributed by atoms with Crippen molar-refractivity contribution in [3.63, 3.8) is 0 Å². The lowest BCUT2D eigenvalue weighted by Gasteiger charge is -2.37. The molecule has 164 valence electrons. The van der Waals surface area contributed by atoms with Crippen LogP contribution in [-0.2, 0) is 18.3 Å². The van der Waals surface area contributed by atoms with Gasteiger partial charge in [-0.1, -0.05) is 20.8 Å². The number of benzene rings is 2. The van der Waals surface area contributed by atoms with Gasteiger partial charge in [0, 0.05) is 35.6 Å². The Kier molecular flexibility index (Phi) is 5.55. The van der Waals surface area contributed by atoms with Gasteiger partial charge in [-0.25, -0.2) is 4.98 Å². The van der Waals surface area contributed by atoms with Gasteiger partial charge in [0.2, 0.25) is 0 Å². The first-order valence-electron chi connectivity index (χ1n) is 11.1. The summed E-state index contributed by atoms with van der Waals surface area (Å²) in [5.74, 6) is 1.20. The van der Waals surface area contributed by atoms with Crippen molar-refractivity contribution in [2.75, 3.05) is 18.0 Å². The zero-order valence-corrected chi connectivity index (χ0v) is 19.7. The van der Waals surface area contributed by atoms with Gasteiger partial charge in [-0.05, 0) is 85.0 Å². The Hall–Kier alpha value is -2.46. The van der Waals surface area contributed by atoms with Crippen molar-refractivity contribution in [1.82, 2.24) is 9.97 Å². The van der Waals surface area contributed by atoms with Crippen LogP contribution in [0.25, 0.3) is 22.6 Å². The standard InChI is InChI=1S/C26H31N3O.ClH/c1-16-23(20-13-17-7-5-11-29-12-6-8-18(14-20)24(17)29)28-25(27-16)19-9-10-22(30)21(15-19)26(2,3)4;/h9-10,13-15,30H,5-8,11-12H2,1-4H3,(H,27,28);1H. The number of halogens is 1. The summed E-state index contributed by atoms with van der Waals surface area (Å²) in [6, 6.07) is 10.5. The summed E-state index contributed by atoms with van der Waals surface area (Å²) < 4.78 is 0. The molecule has 0 saturated carbocycles. The van der Waals surface area contributed by atoms with Crippen LogP contribution in [0.5, 0.6) is 5.75 Å². The zero-order chi connectivity index (χ0) is 21.0. The molecule has 5 heteroatoms. The highest BCUT2D eigenvalue weighted by Gasteiger charge is 2.25. The van der Waals surface area contributed by atoms with Crippen LogP contribution < -0.4 is 4.90 Å². The summed E-state index contributed by atoms with van der Waals surface area (Å²) in [6.45, 7) is 10.9. The maximum atomic E-state index is 10.3. The molecule has 4 nitrogen and oxygen atoms in total. The molecule has 0 unspecified atom stereocenters. The van der Waals surface area contributed by atoms with Gasteiger partial charge in [-0.15, -0.1) is 12.4 Å². The summed E-state index contributed by atoms with van der Waals surface area (Å²) in [6.07, 6.45) is 4.80. The van der Waals surface area contributed by atoms with E-state index in [1.807, 2.05) is 6.07 Å². The number of hydrogen-bond acceptors (Lipinski definition) is 3. The van der Waals surface area contributed by atoms with E-state index in [-0.39, 0.29) is 17.8 Å². The van der Waals surface area contributed by atoms with Crippen LogP contribution in [0.2, 0.25) is 0 Å². The first kappa shape index (κ1) is 21.8. The van der Waals surface area contributed by atoms with Gasteiger partial charge in [0.25, 0.3) is 0 Å². The molecule has 0 atom stereocenters. The molecule has 2 aliphatic heterocycles. The van der Waals surface area contributed by atoms with Crippen LogP contribution in [0, 0.1) is 6.92 Å². The minimum Gasteiger partial charge on any atom is -0.508 e. The number of phenolic OH excluding ortho intramolecular Hbond substituents is 1. The lowest BCUT2D eigenvalue weighted by atomic mass is 9.85. The summed E-state index contributed by atoms with van der Waals surface area (Å²) in [5.41, 5.74) is 9.64. The Balaban J connectivity index is 0.00000231. The summed E-state index contributed by atoms with van der Waals surface area (Å²) in [7, 11) is 0. The first-order valence-corrected chi connectivity index (χ1v) is 11.1. The largest absolute Gasteiger partial charge is 0.508 e.